The molecule has 248 valence electrons. The van der Waals surface area contributed by atoms with Gasteiger partial charge < -0.3 is 0 Å². The SMILES string of the molecule is CC1=Cc2c(-c3ccc(C(C)(C)C)cc3)c(C)c(C)c(C)c2[CH]1[Zr]([CH3])([CH3])(=[SiH2])[CH]1C(C(C)C)=Cc2c(-c3ccccc3)cccc21.Cl.Cl. The van der Waals surface area contributed by atoms with Crippen molar-refractivity contribution in [3.8, 4) is 22.3 Å². The average molecular weight is 761 g/mol. The molecule has 0 aromatic heterocycles. The van der Waals surface area contributed by atoms with Crippen LogP contribution < -0.4 is 0 Å². The number of hydrogen-bond donors (Lipinski definition) is 0. The molecule has 2 unspecified atom stereocenters. The van der Waals surface area contributed by atoms with E-state index in [9.17, 15) is 0 Å². The van der Waals surface area contributed by atoms with E-state index < -0.39 is 17.4 Å². The zero-order valence-corrected chi connectivity index (χ0v) is 35.8. The Kier molecular flexibility index (Phi) is 10.5. The summed E-state index contributed by atoms with van der Waals surface area (Å²) in [6.45, 7) is 23.8. The standard InChI is InChI=1S/C23H27.C18H17.2CH3.2ClH.H2Si.Zr/c1-14-12-20-16(3)15(2)17(4)22(21(20)13-14)18-8-10-19(11-9-18)23(5,6)7;1-13(2)16-11-15-9-6-10-17(18(15)12-16)14-7-4-3-5-8-14;;;;;;/h8-13H,1-7H3;3-13H,1-2H3;2*1H3;2*1H;1H2;. The summed E-state index contributed by atoms with van der Waals surface area (Å²) >= 11 is -3.72. The zero-order valence-electron chi connectivity index (χ0n) is 30.3. The van der Waals surface area contributed by atoms with Gasteiger partial charge in [0.1, 0.15) is 0 Å². The van der Waals surface area contributed by atoms with Crippen molar-refractivity contribution < 1.29 is 17.4 Å². The molecule has 0 nitrogen and oxygen atoms in total. The van der Waals surface area contributed by atoms with E-state index in [1.165, 1.54) is 55.6 Å². The molecule has 4 aromatic rings. The first-order chi connectivity index (χ1) is 21.0. The summed E-state index contributed by atoms with van der Waals surface area (Å²) in [4.78, 5) is 0. The molecule has 2 aliphatic rings. The van der Waals surface area contributed by atoms with Gasteiger partial charge in [0.05, 0.1) is 0 Å². The molecule has 4 aromatic carbocycles. The second-order valence-electron chi connectivity index (χ2n) is 16.6. The van der Waals surface area contributed by atoms with Gasteiger partial charge in [0.25, 0.3) is 0 Å². The Morgan fingerprint density at radius 1 is 0.660 bits per heavy atom. The van der Waals surface area contributed by atoms with Gasteiger partial charge in [0.15, 0.2) is 0 Å². The van der Waals surface area contributed by atoms with E-state index in [1.54, 1.807) is 22.3 Å². The number of hydrogen-bond acceptors (Lipinski definition) is 0. The first-order valence-electron chi connectivity index (χ1n) is 16.9. The van der Waals surface area contributed by atoms with Gasteiger partial charge in [-0.3, -0.25) is 0 Å². The normalized spacial score (nSPS) is 17.4. The molecule has 0 radical (unpaired) electrons. The van der Waals surface area contributed by atoms with Crippen molar-refractivity contribution in [3.63, 3.8) is 0 Å². The van der Waals surface area contributed by atoms with E-state index in [0.717, 1.165) is 0 Å². The van der Waals surface area contributed by atoms with Crippen LogP contribution in [0.25, 0.3) is 34.4 Å². The van der Waals surface area contributed by atoms with E-state index in [0.29, 0.717) is 13.2 Å². The predicted molar refractivity (Wildman–Crippen MR) is 213 cm³/mol. The maximum Gasteiger partial charge on any atom is -0.147 e. The molecule has 0 aliphatic heterocycles. The van der Waals surface area contributed by atoms with Crippen LogP contribution in [-0.2, 0) is 22.8 Å². The van der Waals surface area contributed by atoms with E-state index >= 15 is 0 Å². The third-order valence-corrected chi connectivity index (χ3v) is 28.9. The minimum absolute atomic E-state index is 0. The Balaban J connectivity index is 0.00000250. The van der Waals surface area contributed by atoms with Gasteiger partial charge in [-0.1, -0.05) is 0 Å². The van der Waals surface area contributed by atoms with Crippen molar-refractivity contribution in [2.75, 3.05) is 0 Å². The van der Waals surface area contributed by atoms with Crippen LogP contribution in [0.5, 0.6) is 0 Å². The minimum atomic E-state index is -3.72. The molecule has 0 saturated heterocycles. The van der Waals surface area contributed by atoms with Gasteiger partial charge in [0, 0.05) is 0 Å². The maximum absolute atomic E-state index is 3.72. The topological polar surface area (TPSA) is 0 Å². The van der Waals surface area contributed by atoms with Crippen LogP contribution in [0.2, 0.25) is 9.26 Å². The first kappa shape index (κ1) is 37.9. The maximum atomic E-state index is 2.79. The minimum Gasteiger partial charge on any atom is -0.147 e. The summed E-state index contributed by atoms with van der Waals surface area (Å²) in [6, 6.07) is 27.6. The fourth-order valence-corrected chi connectivity index (χ4v) is 29.6. The Morgan fingerprint density at radius 2 is 1.28 bits per heavy atom. The summed E-state index contributed by atoms with van der Waals surface area (Å²) in [5.74, 6) is 0.506. The third-order valence-electron chi connectivity index (χ3n) is 11.4. The summed E-state index contributed by atoms with van der Waals surface area (Å²) in [5.41, 5.74) is 20.8. The monoisotopic (exact) mass is 758 g/mol. The van der Waals surface area contributed by atoms with Gasteiger partial charge in [-0.2, -0.15) is 0 Å². The van der Waals surface area contributed by atoms with E-state index in [4.69, 9.17) is 0 Å². The van der Waals surface area contributed by atoms with E-state index in [1.807, 2.05) is 0 Å². The molecule has 0 N–H and O–H groups in total. The Labute approximate surface area is 299 Å². The van der Waals surface area contributed by atoms with Crippen LogP contribution in [0, 0.1) is 26.7 Å². The largest absolute Gasteiger partial charge is 0.147 e. The van der Waals surface area contributed by atoms with Crippen LogP contribution in [-0.4, -0.2) is 6.88 Å². The molecule has 47 heavy (non-hydrogen) atoms. The third kappa shape index (κ3) is 6.20. The quantitative estimate of drug-likeness (QED) is 0.178. The van der Waals surface area contributed by atoms with Crippen molar-refractivity contribution in [1.82, 2.24) is 0 Å². The molecule has 2 aliphatic carbocycles. The summed E-state index contributed by atoms with van der Waals surface area (Å²) < 4.78 is 6.59. The van der Waals surface area contributed by atoms with E-state index in [2.05, 4.69) is 163 Å². The fraction of sp³-hybridized carbons (Fsp3) is 0.349. The predicted octanol–water partition coefficient (Wildman–Crippen LogP) is 12.7. The van der Waals surface area contributed by atoms with Gasteiger partial charge in [-0.05, 0) is 0 Å². The average Bonchev–Trinajstić information content (AvgIpc) is 3.56. The van der Waals surface area contributed by atoms with Crippen molar-refractivity contribution in [2.24, 2.45) is 5.92 Å². The van der Waals surface area contributed by atoms with Crippen LogP contribution in [0.3, 0.4) is 0 Å². The second-order valence-corrected chi connectivity index (χ2v) is 47.0. The zero-order chi connectivity index (χ0) is 32.7. The smallest absolute Gasteiger partial charge is 0.147 e. The fourth-order valence-electron chi connectivity index (χ4n) is 9.02. The summed E-state index contributed by atoms with van der Waals surface area (Å²) in [6.07, 6.45) is 5.20. The van der Waals surface area contributed by atoms with Crippen molar-refractivity contribution in [1.29, 1.82) is 0 Å². The summed E-state index contributed by atoms with van der Waals surface area (Å²) in [7, 11) is 0. The molecule has 0 fully saturated rings. The molecule has 4 heteroatoms. The van der Waals surface area contributed by atoms with Gasteiger partial charge in [-0.15, -0.1) is 24.8 Å². The second kappa shape index (κ2) is 13.1. The molecular formula is C43H54Cl2SiZr. The number of benzene rings is 4. The van der Waals surface area contributed by atoms with Crippen LogP contribution in [0.4, 0.5) is 0 Å². The number of halogens is 2. The summed E-state index contributed by atoms with van der Waals surface area (Å²) in [5, 5.41) is 0. The molecular weight excluding hydrogens is 707 g/mol. The molecule has 0 saturated carbocycles. The van der Waals surface area contributed by atoms with Crippen molar-refractivity contribution in [3.05, 3.63) is 128 Å². The Bertz CT molecular complexity index is 1970. The molecule has 2 atom stereocenters. The molecule has 0 heterocycles. The number of rotatable bonds is 5. The van der Waals surface area contributed by atoms with Crippen LogP contribution in [0.15, 0.2) is 83.9 Å². The van der Waals surface area contributed by atoms with Gasteiger partial charge >= 0.3 is 277 Å². The van der Waals surface area contributed by atoms with Crippen LogP contribution in [0.1, 0.15) is 93.3 Å². The van der Waals surface area contributed by atoms with E-state index in [-0.39, 0.29) is 30.2 Å². The van der Waals surface area contributed by atoms with Gasteiger partial charge in [0.2, 0.25) is 0 Å². The van der Waals surface area contributed by atoms with Crippen LogP contribution >= 0.6 is 24.8 Å². The molecule has 6 rings (SSSR count). The number of allylic oxidation sites excluding steroid dienone is 2. The Hall–Kier alpha value is -1.96. The van der Waals surface area contributed by atoms with Crippen molar-refractivity contribution >= 4 is 43.8 Å². The first-order valence-corrected chi connectivity index (χ1v) is 30.6. The number of fused-ring (bicyclic) bond motifs is 2. The molecule has 0 bridgehead atoms. The molecule has 0 spiro atoms. The Morgan fingerprint density at radius 3 is 1.85 bits per heavy atom. The molecule has 0 amide bonds. The van der Waals surface area contributed by atoms with Gasteiger partial charge in [-0.25, -0.2) is 0 Å². The van der Waals surface area contributed by atoms with Crippen molar-refractivity contribution in [2.45, 2.75) is 84.2 Å².